The number of amides is 1. The third kappa shape index (κ3) is 5.14. The molecule has 1 aromatic carbocycles. The number of imidazole rings is 1. The number of ether oxygens (including phenoxy) is 4. The number of hydrogen-bond donors (Lipinski definition) is 2. The van der Waals surface area contributed by atoms with E-state index in [2.05, 4.69) is 15.3 Å². The van der Waals surface area contributed by atoms with Gasteiger partial charge in [0.1, 0.15) is 5.82 Å². The van der Waals surface area contributed by atoms with E-state index in [-0.39, 0.29) is 19.6 Å². The highest BCUT2D eigenvalue weighted by molar-refractivity contribution is 6.08. The van der Waals surface area contributed by atoms with Crippen molar-refractivity contribution < 1.29 is 33.3 Å². The number of H-pyrrole nitrogens is 1. The molecule has 0 fully saturated rings. The van der Waals surface area contributed by atoms with E-state index < -0.39 is 23.4 Å². The zero-order chi connectivity index (χ0) is 23.0. The fourth-order valence-corrected chi connectivity index (χ4v) is 3.13. The second-order valence-electron chi connectivity index (χ2n) is 6.50. The molecular formula is C21H27N3O7. The number of methoxy groups -OCH3 is 2. The summed E-state index contributed by atoms with van der Waals surface area (Å²) < 4.78 is 20.9. The normalized spacial score (nSPS) is 10.9. The summed E-state index contributed by atoms with van der Waals surface area (Å²) in [5.41, 5.74) is -1.04. The van der Waals surface area contributed by atoms with Crippen molar-refractivity contribution in [2.24, 2.45) is 0 Å². The molecular weight excluding hydrogens is 406 g/mol. The van der Waals surface area contributed by atoms with Gasteiger partial charge in [0.2, 0.25) is 11.4 Å². The van der Waals surface area contributed by atoms with Gasteiger partial charge in [0.25, 0.3) is 0 Å². The number of para-hydroxylation sites is 1. The zero-order valence-electron chi connectivity index (χ0n) is 18.2. The topological polar surface area (TPSA) is 129 Å². The largest absolute Gasteiger partial charge is 0.493 e. The van der Waals surface area contributed by atoms with Gasteiger partial charge in [0.15, 0.2) is 11.5 Å². The van der Waals surface area contributed by atoms with Gasteiger partial charge in [-0.05, 0) is 26.0 Å². The number of carbonyl (C=O) groups excluding carboxylic acids is 3. The van der Waals surface area contributed by atoms with E-state index in [1.165, 1.54) is 27.3 Å². The van der Waals surface area contributed by atoms with E-state index in [1.807, 2.05) is 0 Å². The maximum Gasteiger partial charge on any atom is 0.344 e. The molecule has 1 heterocycles. The first-order valence-electron chi connectivity index (χ1n) is 9.71. The van der Waals surface area contributed by atoms with Crippen LogP contribution < -0.4 is 14.8 Å². The van der Waals surface area contributed by atoms with Gasteiger partial charge in [0, 0.05) is 25.2 Å². The molecule has 10 nitrogen and oxygen atoms in total. The van der Waals surface area contributed by atoms with Crippen molar-refractivity contribution in [2.45, 2.75) is 32.7 Å². The summed E-state index contributed by atoms with van der Waals surface area (Å²) in [4.78, 5) is 44.8. The van der Waals surface area contributed by atoms with Gasteiger partial charge in [0.05, 0.1) is 33.0 Å². The second-order valence-corrected chi connectivity index (χ2v) is 6.50. The summed E-state index contributed by atoms with van der Waals surface area (Å²) in [5, 5.41) is 2.42. The average molecular weight is 433 g/mol. The van der Waals surface area contributed by atoms with Crippen molar-refractivity contribution >= 4 is 17.8 Å². The molecule has 1 amide bonds. The molecule has 0 aliphatic heterocycles. The van der Waals surface area contributed by atoms with Gasteiger partial charge in [-0.25, -0.2) is 14.6 Å². The van der Waals surface area contributed by atoms with Crippen LogP contribution in [0.15, 0.2) is 24.4 Å². The van der Waals surface area contributed by atoms with Gasteiger partial charge in [-0.3, -0.25) is 4.79 Å². The number of rotatable bonds is 10. The fourth-order valence-electron chi connectivity index (χ4n) is 3.13. The smallest absolute Gasteiger partial charge is 0.344 e. The Morgan fingerprint density at radius 2 is 1.71 bits per heavy atom. The van der Waals surface area contributed by atoms with E-state index in [0.717, 1.165) is 0 Å². The van der Waals surface area contributed by atoms with Crippen LogP contribution >= 0.6 is 0 Å². The second kappa shape index (κ2) is 10.5. The lowest BCUT2D eigenvalue weighted by molar-refractivity contribution is -0.168. The standard InChI is InChI=1S/C21H27N3O7/c1-6-30-19(26)21(24-13(3)25,20(27)31-7-2)11-14-12-22-18(23-14)15-9-8-10-16(28-4)17(15)29-5/h8-10,12H,6-7,11H2,1-5H3,(H,22,23)(H,24,25). The maximum atomic E-state index is 12.8. The molecule has 2 aromatic rings. The summed E-state index contributed by atoms with van der Waals surface area (Å²) in [7, 11) is 3.03. The van der Waals surface area contributed by atoms with Crippen molar-refractivity contribution in [1.82, 2.24) is 15.3 Å². The highest BCUT2D eigenvalue weighted by Crippen LogP contribution is 2.36. The van der Waals surface area contributed by atoms with Gasteiger partial charge < -0.3 is 29.2 Å². The molecule has 0 saturated carbocycles. The van der Waals surface area contributed by atoms with Gasteiger partial charge in [-0.2, -0.15) is 0 Å². The maximum absolute atomic E-state index is 12.8. The molecule has 0 saturated heterocycles. The number of aromatic amines is 1. The molecule has 0 spiro atoms. The first-order chi connectivity index (χ1) is 14.8. The summed E-state index contributed by atoms with van der Waals surface area (Å²) in [5.74, 6) is -1.01. The lowest BCUT2D eigenvalue weighted by Crippen LogP contribution is -2.62. The molecule has 0 atom stereocenters. The third-order valence-corrected chi connectivity index (χ3v) is 4.38. The lowest BCUT2D eigenvalue weighted by atomic mass is 9.93. The predicted molar refractivity (Wildman–Crippen MR) is 111 cm³/mol. The number of benzene rings is 1. The van der Waals surface area contributed by atoms with Crippen molar-refractivity contribution in [2.75, 3.05) is 27.4 Å². The Hall–Kier alpha value is -3.56. The number of carbonyl (C=O) groups is 3. The Bertz CT molecular complexity index is 921. The summed E-state index contributed by atoms with van der Waals surface area (Å²) in [6, 6.07) is 5.30. The highest BCUT2D eigenvalue weighted by atomic mass is 16.6. The van der Waals surface area contributed by atoms with E-state index in [1.54, 1.807) is 32.0 Å². The summed E-state index contributed by atoms with van der Waals surface area (Å²) in [6.45, 7) is 4.45. The van der Waals surface area contributed by atoms with E-state index in [4.69, 9.17) is 18.9 Å². The van der Waals surface area contributed by atoms with Gasteiger partial charge in [-0.15, -0.1) is 0 Å². The Morgan fingerprint density at radius 1 is 1.06 bits per heavy atom. The van der Waals surface area contributed by atoms with Crippen LogP contribution in [0.2, 0.25) is 0 Å². The van der Waals surface area contributed by atoms with Crippen molar-refractivity contribution in [3.63, 3.8) is 0 Å². The van der Waals surface area contributed by atoms with Crippen LogP contribution in [-0.4, -0.2) is 60.8 Å². The minimum Gasteiger partial charge on any atom is -0.493 e. The monoisotopic (exact) mass is 433 g/mol. The molecule has 2 N–H and O–H groups in total. The minimum absolute atomic E-state index is 0.0226. The molecule has 31 heavy (non-hydrogen) atoms. The fraction of sp³-hybridized carbons (Fsp3) is 0.429. The van der Waals surface area contributed by atoms with Crippen LogP contribution in [0.5, 0.6) is 11.5 Å². The molecule has 10 heteroatoms. The third-order valence-electron chi connectivity index (χ3n) is 4.38. The van der Waals surface area contributed by atoms with Gasteiger partial charge in [-0.1, -0.05) is 6.07 Å². The first kappa shape index (κ1) is 23.7. The van der Waals surface area contributed by atoms with Crippen LogP contribution in [0.4, 0.5) is 0 Å². The zero-order valence-corrected chi connectivity index (χ0v) is 18.2. The predicted octanol–water partition coefficient (Wildman–Crippen LogP) is 1.64. The van der Waals surface area contributed by atoms with Gasteiger partial charge >= 0.3 is 11.9 Å². The van der Waals surface area contributed by atoms with E-state index in [0.29, 0.717) is 28.6 Å². The van der Waals surface area contributed by atoms with Crippen LogP contribution in [0.1, 0.15) is 26.5 Å². The minimum atomic E-state index is -2.06. The van der Waals surface area contributed by atoms with Crippen LogP contribution in [-0.2, 0) is 30.3 Å². The Kier molecular flexibility index (Phi) is 8.00. The number of esters is 2. The lowest BCUT2D eigenvalue weighted by Gasteiger charge is -2.29. The number of aromatic nitrogens is 2. The average Bonchev–Trinajstić information content (AvgIpc) is 3.20. The molecule has 2 rings (SSSR count). The summed E-state index contributed by atoms with van der Waals surface area (Å²) >= 11 is 0. The molecule has 168 valence electrons. The highest BCUT2D eigenvalue weighted by Gasteiger charge is 2.50. The SMILES string of the molecule is CCOC(=O)C(Cc1cnc(-c2cccc(OC)c2OC)[nH]1)(NC(C)=O)C(=O)OCC. The molecule has 0 unspecified atom stereocenters. The molecule has 0 radical (unpaired) electrons. The van der Waals surface area contributed by atoms with Crippen molar-refractivity contribution in [3.05, 3.63) is 30.1 Å². The molecule has 0 bridgehead atoms. The van der Waals surface area contributed by atoms with Crippen molar-refractivity contribution in [3.8, 4) is 22.9 Å². The number of nitrogens with one attached hydrogen (secondary N) is 2. The quantitative estimate of drug-likeness (QED) is 0.427. The number of hydrogen-bond acceptors (Lipinski definition) is 8. The molecule has 1 aromatic heterocycles. The summed E-state index contributed by atoms with van der Waals surface area (Å²) in [6.07, 6.45) is 1.22. The van der Waals surface area contributed by atoms with Crippen molar-refractivity contribution in [1.29, 1.82) is 0 Å². The van der Waals surface area contributed by atoms with Crippen LogP contribution in [0, 0.1) is 0 Å². The molecule has 0 aliphatic rings. The molecule has 0 aliphatic carbocycles. The Morgan fingerprint density at radius 3 is 2.23 bits per heavy atom. The Balaban J connectivity index is 2.49. The van der Waals surface area contributed by atoms with Crippen LogP contribution in [0.3, 0.4) is 0 Å². The van der Waals surface area contributed by atoms with E-state index >= 15 is 0 Å². The van der Waals surface area contributed by atoms with E-state index in [9.17, 15) is 14.4 Å². The number of nitrogens with zero attached hydrogens (tertiary/aromatic N) is 1. The first-order valence-corrected chi connectivity index (χ1v) is 9.71. The van der Waals surface area contributed by atoms with Crippen LogP contribution in [0.25, 0.3) is 11.4 Å². The Labute approximate surface area is 180 Å².